The maximum absolute atomic E-state index is 14.5. The van der Waals surface area contributed by atoms with Crippen LogP contribution in [-0.2, 0) is 16.2 Å². The van der Waals surface area contributed by atoms with Crippen LogP contribution in [0, 0.1) is 0 Å². The maximum atomic E-state index is 14.5. The van der Waals surface area contributed by atoms with Crippen molar-refractivity contribution in [1.29, 1.82) is 0 Å². The molecule has 0 bridgehead atoms. The van der Waals surface area contributed by atoms with E-state index in [0.29, 0.717) is 93.4 Å². The van der Waals surface area contributed by atoms with Crippen LogP contribution in [0.25, 0.3) is 0 Å². The molecule has 0 saturated carbocycles. The number of carbonyl (C=O) groups is 5. The second-order valence-corrected chi connectivity index (χ2v) is 21.2. The zero-order chi connectivity index (χ0) is 55.8. The first-order chi connectivity index (χ1) is 37.4. The van der Waals surface area contributed by atoms with Crippen molar-refractivity contribution in [3.63, 3.8) is 0 Å². The molecule has 8 aromatic carbocycles. The zero-order valence-electron chi connectivity index (χ0n) is 46.1. The number of rotatable bonds is 22. The SMILES string of the molecule is CCC(C(=O)c1ccc(Oc2ccc(C(=O)c3ccc(OC)cc3)cc2)cc1)c1ccc(C(=O)C(CC)(CC)c2ccc(Oc3ccc(C(=O)c4ccc(C(C)(CC)C(=O)c5ccc(C(C)(C)C)cc5)cc4)cc3)cc2)cc1. The molecule has 396 valence electrons. The molecule has 0 amide bonds. The first-order valence-electron chi connectivity index (χ1n) is 26.9. The molecule has 0 fully saturated rings. The van der Waals surface area contributed by atoms with Crippen molar-refractivity contribution in [3.8, 4) is 28.7 Å². The molecule has 8 aromatic rings. The maximum Gasteiger partial charge on any atom is 0.193 e. The number of Topliss-reactive ketones (excluding diaryl/α,β-unsaturated/α-hetero) is 3. The highest BCUT2D eigenvalue weighted by atomic mass is 16.5. The van der Waals surface area contributed by atoms with E-state index in [4.69, 9.17) is 14.2 Å². The third-order valence-electron chi connectivity index (χ3n) is 15.5. The highest BCUT2D eigenvalue weighted by Gasteiger charge is 2.38. The number of methoxy groups -OCH3 is 1. The van der Waals surface area contributed by atoms with Gasteiger partial charge in [-0.25, -0.2) is 0 Å². The molecule has 8 heteroatoms. The normalized spacial score (nSPS) is 12.7. The molecule has 78 heavy (non-hydrogen) atoms. The molecule has 0 radical (unpaired) electrons. The second kappa shape index (κ2) is 23.8. The van der Waals surface area contributed by atoms with Crippen LogP contribution >= 0.6 is 0 Å². The Morgan fingerprint density at radius 3 is 1.09 bits per heavy atom. The van der Waals surface area contributed by atoms with Crippen LogP contribution in [0.5, 0.6) is 28.7 Å². The smallest absolute Gasteiger partial charge is 0.193 e. The molecule has 0 aliphatic carbocycles. The van der Waals surface area contributed by atoms with Crippen molar-refractivity contribution in [2.24, 2.45) is 0 Å². The fourth-order valence-electron chi connectivity index (χ4n) is 10.2. The Morgan fingerprint density at radius 1 is 0.372 bits per heavy atom. The van der Waals surface area contributed by atoms with Crippen LogP contribution in [0.4, 0.5) is 0 Å². The standard InChI is InChI=1S/C70H68O8/c1-10-62(65(73)51-28-42-60(43-29-51)77-58-38-26-50(27-39-58)64(72)48-22-36-57(76-9)37-23-48)46-14-16-53(17-15-46)67(75)70(12-3,13-4)56-34-44-61(45-35-56)78-59-40-24-49(25-41-59)63(71)47-18-32-55(33-19-47)69(8,11-2)66(74)52-20-30-54(31-21-52)68(5,6)7/h14-45,62H,10-13H2,1-9H3. The van der Waals surface area contributed by atoms with Gasteiger partial charge < -0.3 is 14.2 Å². The van der Waals surface area contributed by atoms with E-state index in [9.17, 15) is 24.0 Å². The van der Waals surface area contributed by atoms with Gasteiger partial charge in [0.2, 0.25) is 0 Å². The van der Waals surface area contributed by atoms with Crippen LogP contribution in [0.3, 0.4) is 0 Å². The number of carbonyl (C=O) groups excluding carboxylic acids is 5. The predicted molar refractivity (Wildman–Crippen MR) is 310 cm³/mol. The molecule has 0 heterocycles. The van der Waals surface area contributed by atoms with Crippen LogP contribution in [0.2, 0.25) is 0 Å². The summed E-state index contributed by atoms with van der Waals surface area (Å²) in [6.07, 6.45) is 2.34. The fraction of sp³-hybridized carbons (Fsp3) is 0.243. The molecule has 0 saturated heterocycles. The number of hydrogen-bond donors (Lipinski definition) is 0. The van der Waals surface area contributed by atoms with Gasteiger partial charge in [-0.05, 0) is 169 Å². The summed E-state index contributed by atoms with van der Waals surface area (Å²) in [7, 11) is 1.58. The lowest BCUT2D eigenvalue weighted by atomic mass is 9.70. The molecule has 8 rings (SSSR count). The van der Waals surface area contributed by atoms with E-state index in [-0.39, 0.29) is 34.3 Å². The van der Waals surface area contributed by atoms with E-state index >= 15 is 0 Å². The van der Waals surface area contributed by atoms with E-state index in [1.165, 1.54) is 5.56 Å². The Bertz CT molecular complexity index is 3380. The molecular weight excluding hydrogens is 969 g/mol. The Kier molecular flexibility index (Phi) is 17.0. The average molecular weight is 1040 g/mol. The first-order valence-corrected chi connectivity index (χ1v) is 26.9. The zero-order valence-corrected chi connectivity index (χ0v) is 46.1. The Balaban J connectivity index is 0.868. The van der Waals surface area contributed by atoms with Crippen LogP contribution in [0.15, 0.2) is 194 Å². The first kappa shape index (κ1) is 55.7. The molecule has 8 nitrogen and oxygen atoms in total. The van der Waals surface area contributed by atoms with Crippen molar-refractivity contribution >= 4 is 28.9 Å². The molecule has 0 N–H and O–H groups in total. The molecule has 2 atom stereocenters. The fourth-order valence-corrected chi connectivity index (χ4v) is 10.2. The molecule has 0 spiro atoms. The molecule has 0 aromatic heterocycles. The highest BCUT2D eigenvalue weighted by molar-refractivity contribution is 6.10. The summed E-state index contributed by atoms with van der Waals surface area (Å²) in [4.78, 5) is 68.9. The van der Waals surface area contributed by atoms with E-state index in [1.807, 2.05) is 120 Å². The summed E-state index contributed by atoms with van der Waals surface area (Å²) in [5, 5.41) is 0. The Labute approximate surface area is 459 Å². The number of hydrogen-bond acceptors (Lipinski definition) is 8. The van der Waals surface area contributed by atoms with Gasteiger partial charge in [-0.2, -0.15) is 0 Å². The van der Waals surface area contributed by atoms with Crippen molar-refractivity contribution in [2.75, 3.05) is 7.11 Å². The minimum absolute atomic E-state index is 0.00540. The molecule has 0 aliphatic rings. The third kappa shape index (κ3) is 11.9. The average Bonchev–Trinajstić information content (AvgIpc) is 3.50. The van der Waals surface area contributed by atoms with E-state index in [2.05, 4.69) is 20.8 Å². The lowest BCUT2D eigenvalue weighted by molar-refractivity contribution is 0.0870. The van der Waals surface area contributed by atoms with Gasteiger partial charge in [-0.1, -0.05) is 133 Å². The van der Waals surface area contributed by atoms with Crippen molar-refractivity contribution in [2.45, 2.75) is 103 Å². The van der Waals surface area contributed by atoms with Crippen molar-refractivity contribution in [1.82, 2.24) is 0 Å². The van der Waals surface area contributed by atoms with Crippen molar-refractivity contribution < 1.29 is 38.2 Å². The minimum Gasteiger partial charge on any atom is -0.497 e. The van der Waals surface area contributed by atoms with Gasteiger partial charge in [0, 0.05) is 44.9 Å². The van der Waals surface area contributed by atoms with Crippen LogP contribution in [0.1, 0.15) is 172 Å². The third-order valence-corrected chi connectivity index (χ3v) is 15.5. The van der Waals surface area contributed by atoms with E-state index in [1.54, 1.807) is 116 Å². The van der Waals surface area contributed by atoms with Gasteiger partial charge in [0.15, 0.2) is 28.9 Å². The molecular formula is C70H68O8. The molecule has 0 aliphatic heterocycles. The van der Waals surface area contributed by atoms with Crippen LogP contribution in [-0.4, -0.2) is 36.0 Å². The molecule has 2 unspecified atom stereocenters. The monoisotopic (exact) mass is 1040 g/mol. The van der Waals surface area contributed by atoms with Gasteiger partial charge in [-0.15, -0.1) is 0 Å². The summed E-state index contributed by atoms with van der Waals surface area (Å²) >= 11 is 0. The summed E-state index contributed by atoms with van der Waals surface area (Å²) in [6.45, 7) is 16.5. The topological polar surface area (TPSA) is 113 Å². The summed E-state index contributed by atoms with van der Waals surface area (Å²) in [6, 6.07) is 58.3. The number of ketones is 5. The summed E-state index contributed by atoms with van der Waals surface area (Å²) in [5.41, 5.74) is 6.12. The number of benzene rings is 8. The quantitative estimate of drug-likeness (QED) is 0.0617. The minimum atomic E-state index is -0.788. The van der Waals surface area contributed by atoms with Gasteiger partial charge >= 0.3 is 0 Å². The largest absolute Gasteiger partial charge is 0.497 e. The number of ether oxygens (including phenoxy) is 3. The lowest BCUT2D eigenvalue weighted by Crippen LogP contribution is -2.34. The lowest BCUT2D eigenvalue weighted by Gasteiger charge is -2.31. The van der Waals surface area contributed by atoms with E-state index < -0.39 is 16.7 Å². The van der Waals surface area contributed by atoms with Crippen LogP contribution < -0.4 is 14.2 Å². The predicted octanol–water partition coefficient (Wildman–Crippen LogP) is 16.9. The van der Waals surface area contributed by atoms with Crippen molar-refractivity contribution in [3.05, 3.63) is 255 Å². The van der Waals surface area contributed by atoms with Gasteiger partial charge in [0.05, 0.1) is 17.9 Å². The van der Waals surface area contributed by atoms with E-state index in [0.717, 1.165) is 16.7 Å². The highest BCUT2D eigenvalue weighted by Crippen LogP contribution is 2.39. The van der Waals surface area contributed by atoms with Gasteiger partial charge in [0.25, 0.3) is 0 Å². The van der Waals surface area contributed by atoms with Gasteiger partial charge in [-0.3, -0.25) is 24.0 Å². The Hall–Kier alpha value is -8.49. The van der Waals surface area contributed by atoms with Gasteiger partial charge in [0.1, 0.15) is 28.7 Å². The second-order valence-electron chi connectivity index (χ2n) is 21.2. The summed E-state index contributed by atoms with van der Waals surface area (Å²) < 4.78 is 17.5. The summed E-state index contributed by atoms with van der Waals surface area (Å²) in [5.74, 6) is 2.32. The Morgan fingerprint density at radius 2 is 0.705 bits per heavy atom.